The third kappa shape index (κ3) is 5.66. The third-order valence-electron chi connectivity index (χ3n) is 4.28. The van der Waals surface area contributed by atoms with Gasteiger partial charge < -0.3 is 18.6 Å². The molecule has 0 atom stereocenters. The molecular weight excluding hydrogens is 454 g/mol. The van der Waals surface area contributed by atoms with E-state index in [1.807, 2.05) is 19.9 Å². The number of rotatable bonds is 8. The quantitative estimate of drug-likeness (QED) is 0.156. The van der Waals surface area contributed by atoms with Gasteiger partial charge >= 0.3 is 5.97 Å². The van der Waals surface area contributed by atoms with Crippen LogP contribution in [0.3, 0.4) is 0 Å². The predicted molar refractivity (Wildman–Crippen MR) is 117 cm³/mol. The zero-order valence-corrected chi connectivity index (χ0v) is 18.9. The Kier molecular flexibility index (Phi) is 7.28. The number of hydrogen-bond acceptors (Lipinski definition) is 11. The first-order valence-electron chi connectivity index (χ1n) is 9.41. The largest absolute Gasteiger partial charge is 0.493 e. The van der Waals surface area contributed by atoms with Crippen LogP contribution in [0.5, 0.6) is 17.2 Å². The summed E-state index contributed by atoms with van der Waals surface area (Å²) in [6.07, 6.45) is 0.977. The Hall–Kier alpha value is -3.93. The highest BCUT2D eigenvalue weighted by Crippen LogP contribution is 2.35. The number of thioether (sulfide) groups is 1. The molecule has 0 aliphatic heterocycles. The molecule has 0 N–H and O–H groups in total. The summed E-state index contributed by atoms with van der Waals surface area (Å²) in [5.74, 6) is -0.808. The molecule has 12 heteroatoms. The first-order valence-corrected chi connectivity index (χ1v) is 10.4. The van der Waals surface area contributed by atoms with Gasteiger partial charge in [-0.3, -0.25) is 14.9 Å². The summed E-state index contributed by atoms with van der Waals surface area (Å²) in [7, 11) is 2.62. The average molecular weight is 473 g/mol. The summed E-state index contributed by atoms with van der Waals surface area (Å²) in [6, 6.07) is 5.15. The van der Waals surface area contributed by atoms with E-state index in [2.05, 4.69) is 9.97 Å². The van der Waals surface area contributed by atoms with Crippen molar-refractivity contribution >= 4 is 23.4 Å². The Morgan fingerprint density at radius 3 is 2.27 bits per heavy atom. The number of aromatic nitrogens is 2. The fraction of sp³-hybridized carbons (Fsp3) is 0.238. The third-order valence-corrected chi connectivity index (χ3v) is 5.15. The maximum atomic E-state index is 12.6. The number of ether oxygens (including phenoxy) is 3. The van der Waals surface area contributed by atoms with Crippen LogP contribution in [0, 0.1) is 24.0 Å². The minimum absolute atomic E-state index is 0.0647. The molecule has 172 valence electrons. The Morgan fingerprint density at radius 1 is 1.06 bits per heavy atom. The van der Waals surface area contributed by atoms with Crippen LogP contribution in [0.2, 0.25) is 0 Å². The van der Waals surface area contributed by atoms with E-state index in [9.17, 15) is 19.7 Å². The molecular formula is C21H19N3O8S. The highest BCUT2D eigenvalue weighted by atomic mass is 32.2. The normalized spacial score (nSPS) is 10.5. The topological polar surface area (TPSA) is 144 Å². The van der Waals surface area contributed by atoms with Crippen molar-refractivity contribution < 1.29 is 28.3 Å². The number of nitrogens with zero attached hydrogens (tertiary/aromatic N) is 3. The number of benzene rings is 1. The molecule has 0 saturated carbocycles. The van der Waals surface area contributed by atoms with Crippen molar-refractivity contribution in [2.45, 2.75) is 24.8 Å². The lowest BCUT2D eigenvalue weighted by atomic mass is 10.1. The number of carbonyl (C=O) groups is 1. The van der Waals surface area contributed by atoms with Crippen LogP contribution in [0.1, 0.15) is 27.5 Å². The fourth-order valence-electron chi connectivity index (χ4n) is 2.82. The van der Waals surface area contributed by atoms with Crippen molar-refractivity contribution in [1.29, 1.82) is 0 Å². The smallest absolute Gasteiger partial charge is 0.350 e. The molecule has 1 aromatic carbocycles. The number of aryl methyl sites for hydroxylation is 2. The SMILES string of the molecule is COc1cc(C(=O)Oc2coc(CSc3nc(C)cc(C)n3)cc2=O)c([N+](=O)[O-])cc1OC. The van der Waals surface area contributed by atoms with E-state index in [1.165, 1.54) is 32.0 Å². The van der Waals surface area contributed by atoms with E-state index < -0.39 is 33.3 Å². The van der Waals surface area contributed by atoms with Gasteiger partial charge in [-0.15, -0.1) is 0 Å². The van der Waals surface area contributed by atoms with E-state index in [0.717, 1.165) is 29.8 Å². The second kappa shape index (κ2) is 10.1. The van der Waals surface area contributed by atoms with Gasteiger partial charge in [0.2, 0.25) is 11.2 Å². The Morgan fingerprint density at radius 2 is 1.70 bits per heavy atom. The average Bonchev–Trinajstić information content (AvgIpc) is 2.77. The molecule has 0 unspecified atom stereocenters. The van der Waals surface area contributed by atoms with E-state index in [4.69, 9.17) is 18.6 Å². The lowest BCUT2D eigenvalue weighted by Crippen LogP contribution is -2.16. The molecule has 3 aromatic rings. The van der Waals surface area contributed by atoms with Crippen LogP contribution in [0.25, 0.3) is 0 Å². The van der Waals surface area contributed by atoms with Crippen LogP contribution < -0.4 is 19.6 Å². The number of esters is 1. The Labute approximate surface area is 191 Å². The van der Waals surface area contributed by atoms with Gasteiger partial charge in [-0.25, -0.2) is 14.8 Å². The molecule has 2 heterocycles. The van der Waals surface area contributed by atoms with Gasteiger partial charge in [0.05, 0.1) is 31.0 Å². The lowest BCUT2D eigenvalue weighted by Gasteiger charge is -2.10. The summed E-state index contributed by atoms with van der Waals surface area (Å²) >= 11 is 1.28. The van der Waals surface area contributed by atoms with Gasteiger partial charge in [-0.2, -0.15) is 0 Å². The number of nitro groups is 1. The first-order chi connectivity index (χ1) is 15.7. The van der Waals surface area contributed by atoms with Gasteiger partial charge in [0.25, 0.3) is 5.69 Å². The Bertz CT molecular complexity index is 1250. The summed E-state index contributed by atoms with van der Waals surface area (Å²) < 4.78 is 20.6. The second-order valence-electron chi connectivity index (χ2n) is 6.67. The van der Waals surface area contributed by atoms with Gasteiger partial charge in [0.1, 0.15) is 17.6 Å². The summed E-state index contributed by atoms with van der Waals surface area (Å²) in [5.41, 5.74) is 0.0257. The summed E-state index contributed by atoms with van der Waals surface area (Å²) in [4.78, 5) is 44.2. The van der Waals surface area contributed by atoms with Crippen LogP contribution in [0.4, 0.5) is 5.69 Å². The molecule has 0 bridgehead atoms. The van der Waals surface area contributed by atoms with E-state index >= 15 is 0 Å². The minimum Gasteiger partial charge on any atom is -0.493 e. The Balaban J connectivity index is 1.79. The van der Waals surface area contributed by atoms with Gasteiger partial charge in [-0.1, -0.05) is 11.8 Å². The van der Waals surface area contributed by atoms with Crippen LogP contribution in [-0.4, -0.2) is 35.1 Å². The van der Waals surface area contributed by atoms with Crippen molar-refractivity contribution in [3.8, 4) is 17.2 Å². The minimum atomic E-state index is -1.12. The van der Waals surface area contributed by atoms with Crippen molar-refractivity contribution in [1.82, 2.24) is 9.97 Å². The van der Waals surface area contributed by atoms with Crippen molar-refractivity contribution in [2.75, 3.05) is 14.2 Å². The molecule has 0 saturated heterocycles. The molecule has 0 fully saturated rings. The molecule has 0 amide bonds. The van der Waals surface area contributed by atoms with Gasteiger partial charge in [0.15, 0.2) is 16.7 Å². The lowest BCUT2D eigenvalue weighted by molar-refractivity contribution is -0.385. The van der Waals surface area contributed by atoms with E-state index in [-0.39, 0.29) is 17.3 Å². The van der Waals surface area contributed by atoms with Crippen molar-refractivity contribution in [3.05, 3.63) is 73.6 Å². The fourth-order valence-corrected chi connectivity index (χ4v) is 3.66. The summed E-state index contributed by atoms with van der Waals surface area (Å²) in [5, 5.41) is 11.9. The van der Waals surface area contributed by atoms with Crippen molar-refractivity contribution in [3.63, 3.8) is 0 Å². The van der Waals surface area contributed by atoms with Crippen molar-refractivity contribution in [2.24, 2.45) is 0 Å². The monoisotopic (exact) mass is 473 g/mol. The molecule has 33 heavy (non-hydrogen) atoms. The maximum Gasteiger partial charge on any atom is 0.350 e. The molecule has 11 nitrogen and oxygen atoms in total. The van der Waals surface area contributed by atoms with E-state index in [0.29, 0.717) is 10.9 Å². The van der Waals surface area contributed by atoms with Crippen LogP contribution in [-0.2, 0) is 5.75 Å². The van der Waals surface area contributed by atoms with E-state index in [1.54, 1.807) is 0 Å². The summed E-state index contributed by atoms with van der Waals surface area (Å²) in [6.45, 7) is 3.70. The second-order valence-corrected chi connectivity index (χ2v) is 7.61. The van der Waals surface area contributed by atoms with Crippen LogP contribution in [0.15, 0.2) is 44.9 Å². The molecule has 2 aromatic heterocycles. The molecule has 3 rings (SSSR count). The number of methoxy groups -OCH3 is 2. The predicted octanol–water partition coefficient (Wildman–Crippen LogP) is 3.48. The zero-order valence-electron chi connectivity index (χ0n) is 18.1. The number of carbonyl (C=O) groups excluding carboxylic acids is 1. The van der Waals surface area contributed by atoms with Gasteiger partial charge in [-0.05, 0) is 19.9 Å². The molecule has 0 spiro atoms. The number of hydrogen-bond donors (Lipinski definition) is 0. The molecule has 0 aliphatic carbocycles. The highest BCUT2D eigenvalue weighted by Gasteiger charge is 2.27. The highest BCUT2D eigenvalue weighted by molar-refractivity contribution is 7.98. The first kappa shape index (κ1) is 23.7. The van der Waals surface area contributed by atoms with Crippen LogP contribution >= 0.6 is 11.8 Å². The zero-order chi connectivity index (χ0) is 24.1. The maximum absolute atomic E-state index is 12.6. The number of nitro benzene ring substituents is 1. The van der Waals surface area contributed by atoms with Gasteiger partial charge in [0, 0.05) is 23.5 Å². The molecule has 0 radical (unpaired) electrons. The molecule has 0 aliphatic rings. The standard InChI is InChI=1S/C21H19N3O8S/c1-11-5-12(2)23-21(22-11)33-10-13-6-16(25)19(9-31-13)32-20(26)14-7-17(29-3)18(30-4)8-15(14)24(27)28/h5-9H,10H2,1-4H3.